The Labute approximate surface area is 154 Å². The summed E-state index contributed by atoms with van der Waals surface area (Å²) < 4.78 is 1.02. The number of fused-ring (bicyclic) bond motifs is 1. The van der Waals surface area contributed by atoms with E-state index in [1.165, 1.54) is 0 Å². The average Bonchev–Trinajstić information content (AvgIpc) is 2.96. The Kier molecular flexibility index (Phi) is 3.95. The summed E-state index contributed by atoms with van der Waals surface area (Å²) in [5, 5.41) is 11.0. The second-order valence-corrected chi connectivity index (χ2v) is 6.34. The van der Waals surface area contributed by atoms with Gasteiger partial charge in [-0.25, -0.2) is 9.69 Å². The standard InChI is InChI=1S/C19H17N5O3/c1-2-19(13-8-4-3-5-9-13)17(26)23(18(27)20-19)12-24-16(25)14-10-6-7-11-15(14)21-22-24/h3-11H,2,12H2,1H3,(H,20,27)/t19-/m0/s1. The van der Waals surface area contributed by atoms with E-state index in [1.807, 2.05) is 25.1 Å². The number of hydrogen-bond acceptors (Lipinski definition) is 5. The lowest BCUT2D eigenvalue weighted by Gasteiger charge is -2.25. The van der Waals surface area contributed by atoms with Gasteiger partial charge in [-0.05, 0) is 24.1 Å². The van der Waals surface area contributed by atoms with Crippen molar-refractivity contribution < 1.29 is 9.59 Å². The second kappa shape index (κ2) is 6.31. The van der Waals surface area contributed by atoms with E-state index in [0.717, 1.165) is 9.58 Å². The van der Waals surface area contributed by atoms with E-state index in [4.69, 9.17) is 0 Å². The number of urea groups is 1. The van der Waals surface area contributed by atoms with Crippen molar-refractivity contribution >= 4 is 22.8 Å². The predicted molar refractivity (Wildman–Crippen MR) is 97.6 cm³/mol. The molecule has 1 aliphatic heterocycles. The van der Waals surface area contributed by atoms with Gasteiger partial charge in [-0.1, -0.05) is 54.6 Å². The lowest BCUT2D eigenvalue weighted by atomic mass is 9.87. The molecular formula is C19H17N5O3. The second-order valence-electron chi connectivity index (χ2n) is 6.34. The van der Waals surface area contributed by atoms with E-state index in [9.17, 15) is 14.4 Å². The molecule has 4 rings (SSSR count). The Bertz CT molecular complexity index is 1100. The highest BCUT2D eigenvalue weighted by Crippen LogP contribution is 2.32. The number of carbonyl (C=O) groups excluding carboxylic acids is 2. The van der Waals surface area contributed by atoms with Crippen molar-refractivity contribution in [2.75, 3.05) is 0 Å². The highest BCUT2D eigenvalue weighted by Gasteiger charge is 2.51. The Morgan fingerprint density at radius 3 is 2.44 bits per heavy atom. The number of rotatable bonds is 4. The molecule has 1 aromatic heterocycles. The molecule has 2 heterocycles. The van der Waals surface area contributed by atoms with Gasteiger partial charge < -0.3 is 5.32 Å². The first-order valence-corrected chi connectivity index (χ1v) is 8.59. The lowest BCUT2D eigenvalue weighted by Crippen LogP contribution is -2.44. The summed E-state index contributed by atoms with van der Waals surface area (Å²) in [6, 6.07) is 15.3. The topological polar surface area (TPSA) is 97.2 Å². The summed E-state index contributed by atoms with van der Waals surface area (Å²) in [7, 11) is 0. The zero-order valence-corrected chi connectivity index (χ0v) is 14.6. The predicted octanol–water partition coefficient (Wildman–Crippen LogP) is 1.61. The van der Waals surface area contributed by atoms with Crippen molar-refractivity contribution in [1.82, 2.24) is 25.2 Å². The van der Waals surface area contributed by atoms with Gasteiger partial charge in [0.2, 0.25) is 0 Å². The van der Waals surface area contributed by atoms with Crippen molar-refractivity contribution in [3.05, 3.63) is 70.5 Å². The van der Waals surface area contributed by atoms with Crippen LogP contribution in [0.4, 0.5) is 4.79 Å². The molecule has 0 spiro atoms. The van der Waals surface area contributed by atoms with Crippen molar-refractivity contribution in [3.63, 3.8) is 0 Å². The van der Waals surface area contributed by atoms with Crippen LogP contribution < -0.4 is 10.9 Å². The number of imide groups is 1. The highest BCUT2D eigenvalue weighted by atomic mass is 16.2. The monoisotopic (exact) mass is 363 g/mol. The zero-order valence-electron chi connectivity index (χ0n) is 14.6. The minimum Gasteiger partial charge on any atom is -0.319 e. The Morgan fingerprint density at radius 1 is 1.00 bits per heavy atom. The molecule has 3 aromatic rings. The van der Waals surface area contributed by atoms with Gasteiger partial charge in [0.25, 0.3) is 11.5 Å². The molecule has 3 amide bonds. The molecule has 8 nitrogen and oxygen atoms in total. The van der Waals surface area contributed by atoms with E-state index in [-0.39, 0.29) is 6.67 Å². The summed E-state index contributed by atoms with van der Waals surface area (Å²) in [4.78, 5) is 39.3. The first-order chi connectivity index (χ1) is 13.1. The quantitative estimate of drug-likeness (QED) is 0.710. The third kappa shape index (κ3) is 2.57. The van der Waals surface area contributed by atoms with Crippen LogP contribution in [-0.2, 0) is 17.0 Å². The molecule has 8 heteroatoms. The van der Waals surface area contributed by atoms with Gasteiger partial charge in [-0.15, -0.1) is 5.10 Å². The number of hydrogen-bond donors (Lipinski definition) is 1. The van der Waals surface area contributed by atoms with Gasteiger partial charge in [0, 0.05) is 0 Å². The van der Waals surface area contributed by atoms with Crippen LogP contribution in [0.5, 0.6) is 0 Å². The van der Waals surface area contributed by atoms with Gasteiger partial charge in [-0.3, -0.25) is 9.59 Å². The normalized spacial score (nSPS) is 19.5. The van der Waals surface area contributed by atoms with Crippen LogP contribution in [0.15, 0.2) is 59.4 Å². The Morgan fingerprint density at radius 2 is 1.70 bits per heavy atom. The van der Waals surface area contributed by atoms with Gasteiger partial charge >= 0.3 is 6.03 Å². The molecule has 0 unspecified atom stereocenters. The molecule has 1 N–H and O–H groups in total. The number of amides is 3. The molecule has 27 heavy (non-hydrogen) atoms. The Hall–Kier alpha value is -3.55. The van der Waals surface area contributed by atoms with Crippen LogP contribution in [0.2, 0.25) is 0 Å². The van der Waals surface area contributed by atoms with E-state index < -0.39 is 23.0 Å². The van der Waals surface area contributed by atoms with Crippen molar-refractivity contribution in [2.24, 2.45) is 0 Å². The maximum absolute atomic E-state index is 13.1. The van der Waals surface area contributed by atoms with Crippen molar-refractivity contribution in [3.8, 4) is 0 Å². The summed E-state index contributed by atoms with van der Waals surface area (Å²) in [6.45, 7) is 1.53. The molecule has 0 aliphatic carbocycles. The zero-order chi connectivity index (χ0) is 19.0. The highest BCUT2D eigenvalue weighted by molar-refractivity contribution is 6.07. The molecule has 1 aliphatic rings. The maximum Gasteiger partial charge on any atom is 0.326 e. The fourth-order valence-corrected chi connectivity index (χ4v) is 3.37. The first-order valence-electron chi connectivity index (χ1n) is 8.59. The fourth-order valence-electron chi connectivity index (χ4n) is 3.37. The minimum atomic E-state index is -1.15. The van der Waals surface area contributed by atoms with E-state index in [0.29, 0.717) is 22.9 Å². The molecule has 0 bridgehead atoms. The molecule has 0 saturated carbocycles. The molecule has 2 aromatic carbocycles. The first kappa shape index (κ1) is 16.9. The van der Waals surface area contributed by atoms with Gasteiger partial charge in [0.1, 0.15) is 17.7 Å². The third-order valence-electron chi connectivity index (χ3n) is 4.88. The van der Waals surface area contributed by atoms with Crippen LogP contribution in [-0.4, -0.2) is 31.8 Å². The molecule has 0 radical (unpaired) electrons. The van der Waals surface area contributed by atoms with Crippen molar-refractivity contribution in [1.29, 1.82) is 0 Å². The summed E-state index contributed by atoms with van der Waals surface area (Å²) in [5.74, 6) is -0.414. The van der Waals surface area contributed by atoms with Crippen LogP contribution in [0.25, 0.3) is 10.9 Å². The van der Waals surface area contributed by atoms with Crippen LogP contribution in [0, 0.1) is 0 Å². The van der Waals surface area contributed by atoms with Gasteiger partial charge in [0.15, 0.2) is 0 Å². The Balaban J connectivity index is 1.71. The minimum absolute atomic E-state index is 0.296. The molecule has 1 saturated heterocycles. The van der Waals surface area contributed by atoms with Crippen LogP contribution in [0.1, 0.15) is 18.9 Å². The summed E-state index contributed by atoms with van der Waals surface area (Å²) >= 11 is 0. The average molecular weight is 363 g/mol. The molecule has 1 atom stereocenters. The smallest absolute Gasteiger partial charge is 0.319 e. The SMILES string of the molecule is CC[C@@]1(c2ccccc2)NC(=O)N(Cn2nnc3ccccc3c2=O)C1=O. The van der Waals surface area contributed by atoms with Crippen LogP contribution in [0.3, 0.4) is 0 Å². The third-order valence-corrected chi connectivity index (χ3v) is 4.88. The van der Waals surface area contributed by atoms with E-state index in [1.54, 1.807) is 36.4 Å². The van der Waals surface area contributed by atoms with Crippen LogP contribution >= 0.6 is 0 Å². The number of benzene rings is 2. The molecule has 1 fully saturated rings. The summed E-state index contributed by atoms with van der Waals surface area (Å²) in [6.07, 6.45) is 0.385. The molecule has 136 valence electrons. The number of aromatic nitrogens is 3. The number of nitrogens with one attached hydrogen (secondary N) is 1. The summed E-state index contributed by atoms with van der Waals surface area (Å²) in [5.41, 5.74) is -0.394. The lowest BCUT2D eigenvalue weighted by molar-refractivity contribution is -0.133. The van der Waals surface area contributed by atoms with Gasteiger partial charge in [0.05, 0.1) is 5.39 Å². The largest absolute Gasteiger partial charge is 0.326 e. The van der Waals surface area contributed by atoms with E-state index in [2.05, 4.69) is 15.6 Å². The van der Waals surface area contributed by atoms with E-state index >= 15 is 0 Å². The van der Waals surface area contributed by atoms with Gasteiger partial charge in [-0.2, -0.15) is 4.68 Å². The number of nitrogens with zero attached hydrogens (tertiary/aromatic N) is 4. The molecular weight excluding hydrogens is 346 g/mol. The van der Waals surface area contributed by atoms with Crippen molar-refractivity contribution in [2.45, 2.75) is 25.6 Å². The number of carbonyl (C=O) groups is 2. The maximum atomic E-state index is 13.1. The fraction of sp³-hybridized carbons (Fsp3) is 0.211.